The Labute approximate surface area is 159 Å². The van der Waals surface area contributed by atoms with Crippen molar-refractivity contribution in [3.8, 4) is 0 Å². The molecular formula is C15H23N7O6. The number of hydrogen-bond donors (Lipinski definition) is 8. The molecular weight excluding hydrogens is 374 g/mol. The third-order valence-electron chi connectivity index (χ3n) is 4.43. The molecule has 0 bridgehead atoms. The fourth-order valence-electron chi connectivity index (χ4n) is 2.99. The molecule has 1 aliphatic rings. The summed E-state index contributed by atoms with van der Waals surface area (Å²) in [6.07, 6.45) is -2.00. The van der Waals surface area contributed by atoms with Crippen LogP contribution in [0.25, 0.3) is 11.2 Å². The van der Waals surface area contributed by atoms with Gasteiger partial charge in [0, 0.05) is 12.8 Å². The maximum atomic E-state index is 12.1. The monoisotopic (exact) mass is 397 g/mol. The van der Waals surface area contributed by atoms with E-state index in [9.17, 15) is 15.0 Å². The van der Waals surface area contributed by atoms with Gasteiger partial charge in [-0.3, -0.25) is 4.79 Å². The molecule has 2 aromatic rings. The lowest BCUT2D eigenvalue weighted by atomic mass is 9.98. The van der Waals surface area contributed by atoms with E-state index in [4.69, 9.17) is 20.7 Å². The smallest absolute Gasteiger partial charge is 0.237 e. The molecule has 2 aromatic heterocycles. The van der Waals surface area contributed by atoms with Crippen LogP contribution in [-0.4, -0.2) is 89.7 Å². The number of nitrogens with zero attached hydrogens (tertiary/aromatic N) is 3. The summed E-state index contributed by atoms with van der Waals surface area (Å²) in [7, 11) is 0. The Kier molecular flexibility index (Phi) is 6.33. The van der Waals surface area contributed by atoms with Gasteiger partial charge < -0.3 is 46.5 Å². The first kappa shape index (κ1) is 20.3. The number of imidazole rings is 1. The van der Waals surface area contributed by atoms with E-state index >= 15 is 0 Å². The van der Waals surface area contributed by atoms with Gasteiger partial charge in [0.25, 0.3) is 0 Å². The molecule has 3 rings (SSSR count). The minimum atomic E-state index is -1.72. The molecule has 13 heteroatoms. The number of ether oxygens (including phenoxy) is 1. The molecule has 0 unspecified atom stereocenters. The number of aromatic nitrogens is 4. The second-order valence-electron chi connectivity index (χ2n) is 6.49. The van der Waals surface area contributed by atoms with Crippen molar-refractivity contribution in [2.24, 2.45) is 5.73 Å². The third kappa shape index (κ3) is 4.52. The molecule has 3 heterocycles. The number of H-pyrrole nitrogens is 1. The molecule has 5 atom stereocenters. The van der Waals surface area contributed by atoms with E-state index in [-0.39, 0.29) is 12.8 Å². The zero-order valence-electron chi connectivity index (χ0n) is 14.8. The van der Waals surface area contributed by atoms with Crippen LogP contribution in [-0.2, 0) is 9.53 Å². The largest absolute Gasteiger partial charge is 0.394 e. The highest BCUT2D eigenvalue weighted by Crippen LogP contribution is 2.24. The summed E-state index contributed by atoms with van der Waals surface area (Å²) in [5.41, 5.74) is 6.56. The maximum absolute atomic E-state index is 12.1. The van der Waals surface area contributed by atoms with Crippen molar-refractivity contribution in [3.63, 3.8) is 0 Å². The zero-order chi connectivity index (χ0) is 20.3. The average molecular weight is 397 g/mol. The summed E-state index contributed by atoms with van der Waals surface area (Å²) in [5, 5.41) is 43.4. The van der Waals surface area contributed by atoms with E-state index in [1.165, 1.54) is 12.7 Å². The molecule has 28 heavy (non-hydrogen) atoms. The highest BCUT2D eigenvalue weighted by molar-refractivity contribution is 5.82. The van der Waals surface area contributed by atoms with Crippen LogP contribution >= 0.6 is 0 Å². The standard InChI is InChI=1S/C15H23N7O6/c16-6(1-10(25)26)14(27)21-7-2-8(24)15(28-9(7)3-23)22-13-11-12(18-4-17-11)19-5-20-13/h4-10,15,23-26H,1-3,16H2,(H,21,27)(H2,17,18,19,20,22)/t6-,7-,8+,9+,15+/m1/s1. The zero-order valence-corrected chi connectivity index (χ0v) is 14.8. The summed E-state index contributed by atoms with van der Waals surface area (Å²) >= 11 is 0. The van der Waals surface area contributed by atoms with E-state index in [0.717, 1.165) is 0 Å². The number of aromatic amines is 1. The number of aliphatic hydroxyl groups excluding tert-OH is 3. The molecule has 1 aliphatic heterocycles. The van der Waals surface area contributed by atoms with Gasteiger partial charge in [-0.25, -0.2) is 15.0 Å². The first-order chi connectivity index (χ1) is 13.4. The Morgan fingerprint density at radius 3 is 2.89 bits per heavy atom. The lowest BCUT2D eigenvalue weighted by molar-refractivity contribution is -0.144. The van der Waals surface area contributed by atoms with Gasteiger partial charge in [0.05, 0.1) is 25.0 Å². The first-order valence-electron chi connectivity index (χ1n) is 8.66. The minimum absolute atomic E-state index is 0.0697. The molecule has 0 saturated carbocycles. The lowest BCUT2D eigenvalue weighted by Crippen LogP contribution is -2.59. The summed E-state index contributed by atoms with van der Waals surface area (Å²) in [5.74, 6) is -0.279. The predicted octanol–water partition coefficient (Wildman–Crippen LogP) is -3.25. The van der Waals surface area contributed by atoms with Crippen LogP contribution in [0.4, 0.5) is 5.82 Å². The van der Waals surface area contributed by atoms with Gasteiger partial charge in [0.1, 0.15) is 24.1 Å². The normalized spacial score (nSPS) is 26.4. The van der Waals surface area contributed by atoms with Crippen molar-refractivity contribution < 1.29 is 30.0 Å². The van der Waals surface area contributed by atoms with E-state index in [0.29, 0.717) is 17.0 Å². The second-order valence-corrected chi connectivity index (χ2v) is 6.49. The fraction of sp³-hybridized carbons (Fsp3) is 0.600. The van der Waals surface area contributed by atoms with Crippen molar-refractivity contribution in [1.82, 2.24) is 25.3 Å². The quantitative estimate of drug-likeness (QED) is 0.217. The second kappa shape index (κ2) is 8.72. The van der Waals surface area contributed by atoms with Gasteiger partial charge in [-0.1, -0.05) is 0 Å². The van der Waals surface area contributed by atoms with E-state index < -0.39 is 49.3 Å². The van der Waals surface area contributed by atoms with Crippen molar-refractivity contribution in [1.29, 1.82) is 0 Å². The van der Waals surface area contributed by atoms with Crippen molar-refractivity contribution in [2.75, 3.05) is 11.9 Å². The molecule has 0 spiro atoms. The Hall–Kier alpha value is -2.42. The topological polar surface area (TPSA) is 212 Å². The summed E-state index contributed by atoms with van der Waals surface area (Å²) in [6, 6.07) is -1.87. The Morgan fingerprint density at radius 2 is 2.18 bits per heavy atom. The third-order valence-corrected chi connectivity index (χ3v) is 4.43. The van der Waals surface area contributed by atoms with E-state index in [2.05, 4.69) is 30.6 Å². The molecule has 9 N–H and O–H groups in total. The van der Waals surface area contributed by atoms with Crippen LogP contribution in [0.2, 0.25) is 0 Å². The van der Waals surface area contributed by atoms with Crippen LogP contribution in [0, 0.1) is 0 Å². The summed E-state index contributed by atoms with van der Waals surface area (Å²) < 4.78 is 5.69. The number of hydrogen-bond acceptors (Lipinski definition) is 11. The highest BCUT2D eigenvalue weighted by atomic mass is 16.5. The number of carbonyl (C=O) groups is 1. The molecule has 154 valence electrons. The highest BCUT2D eigenvalue weighted by Gasteiger charge is 2.38. The van der Waals surface area contributed by atoms with Crippen LogP contribution in [0.1, 0.15) is 12.8 Å². The van der Waals surface area contributed by atoms with Crippen molar-refractivity contribution >= 4 is 22.9 Å². The maximum Gasteiger partial charge on any atom is 0.237 e. The van der Waals surface area contributed by atoms with Gasteiger partial charge in [-0.15, -0.1) is 0 Å². The number of carbonyl (C=O) groups excluding carboxylic acids is 1. The van der Waals surface area contributed by atoms with Gasteiger partial charge >= 0.3 is 0 Å². The Morgan fingerprint density at radius 1 is 1.39 bits per heavy atom. The van der Waals surface area contributed by atoms with Crippen LogP contribution in [0.15, 0.2) is 12.7 Å². The number of fused-ring (bicyclic) bond motifs is 1. The molecule has 1 amide bonds. The number of amides is 1. The minimum Gasteiger partial charge on any atom is -0.394 e. The van der Waals surface area contributed by atoms with Gasteiger partial charge in [0.15, 0.2) is 24.0 Å². The number of nitrogens with one attached hydrogen (secondary N) is 3. The number of anilines is 1. The first-order valence-corrected chi connectivity index (χ1v) is 8.66. The SMILES string of the molecule is N[C@H](CC(O)O)C(=O)N[C@@H]1C[C@H](O)[C@@H](Nc2ncnc3nc[nH]c23)O[C@H]1CO. The molecule has 0 aliphatic carbocycles. The van der Waals surface area contributed by atoms with Crippen LogP contribution in [0.5, 0.6) is 0 Å². The Bertz CT molecular complexity index is 802. The van der Waals surface area contributed by atoms with Crippen molar-refractivity contribution in [3.05, 3.63) is 12.7 Å². The van der Waals surface area contributed by atoms with Gasteiger partial charge in [-0.05, 0) is 0 Å². The van der Waals surface area contributed by atoms with Gasteiger partial charge in [0.2, 0.25) is 5.91 Å². The van der Waals surface area contributed by atoms with Crippen molar-refractivity contribution in [2.45, 2.75) is 49.7 Å². The summed E-state index contributed by atoms with van der Waals surface area (Å²) in [6.45, 7) is -0.420. The molecule has 0 radical (unpaired) electrons. The fourth-order valence-corrected chi connectivity index (χ4v) is 2.99. The van der Waals surface area contributed by atoms with Crippen LogP contribution < -0.4 is 16.4 Å². The molecule has 13 nitrogen and oxygen atoms in total. The number of aliphatic hydroxyl groups is 4. The predicted molar refractivity (Wildman–Crippen MR) is 94.4 cm³/mol. The number of nitrogens with two attached hydrogens (primary N) is 1. The van der Waals surface area contributed by atoms with E-state index in [1.54, 1.807) is 0 Å². The molecule has 0 aromatic carbocycles. The molecule has 1 saturated heterocycles. The molecule has 1 fully saturated rings. The van der Waals surface area contributed by atoms with Crippen LogP contribution in [0.3, 0.4) is 0 Å². The average Bonchev–Trinajstić information content (AvgIpc) is 3.13. The van der Waals surface area contributed by atoms with E-state index in [1.807, 2.05) is 0 Å². The lowest BCUT2D eigenvalue weighted by Gasteiger charge is -2.39. The number of rotatable bonds is 7. The summed E-state index contributed by atoms with van der Waals surface area (Å²) in [4.78, 5) is 27.1. The van der Waals surface area contributed by atoms with Gasteiger partial charge in [-0.2, -0.15) is 0 Å². The Balaban J connectivity index is 1.66.